The fourth-order valence-electron chi connectivity index (χ4n) is 2.75. The van der Waals surface area contributed by atoms with Crippen LogP contribution >= 0.6 is 0 Å². The molecule has 154 valence electrons. The van der Waals surface area contributed by atoms with Gasteiger partial charge in [-0.15, -0.1) is 0 Å². The van der Waals surface area contributed by atoms with Crippen LogP contribution in [0.1, 0.15) is 5.56 Å². The van der Waals surface area contributed by atoms with Crippen LogP contribution in [-0.2, 0) is 6.18 Å². The van der Waals surface area contributed by atoms with Gasteiger partial charge in [-0.1, -0.05) is 36.4 Å². The molecule has 3 aromatic carbocycles. The lowest BCUT2D eigenvalue weighted by molar-refractivity contribution is -0.394. The molecule has 3 aromatic rings. The van der Waals surface area contributed by atoms with E-state index in [2.05, 4.69) is 5.43 Å². The second-order valence-electron chi connectivity index (χ2n) is 6.02. The highest BCUT2D eigenvalue weighted by molar-refractivity contribution is 5.77. The van der Waals surface area contributed by atoms with Crippen molar-refractivity contribution in [2.24, 2.45) is 0 Å². The van der Waals surface area contributed by atoms with Gasteiger partial charge in [0.25, 0.3) is 5.69 Å². The van der Waals surface area contributed by atoms with E-state index in [9.17, 15) is 33.4 Å². The van der Waals surface area contributed by atoms with Gasteiger partial charge in [-0.05, 0) is 24.3 Å². The summed E-state index contributed by atoms with van der Waals surface area (Å²) in [5, 5.41) is 23.7. The second kappa shape index (κ2) is 8.07. The molecule has 0 unspecified atom stereocenters. The van der Waals surface area contributed by atoms with Crippen LogP contribution in [0.2, 0.25) is 0 Å². The first-order valence-electron chi connectivity index (χ1n) is 8.39. The standard InChI is InChI=1S/C19H13F3N4O4/c20-19(21,22)16-11-15(25(27)28)12-17(26(29)30)18(16)23-24(13-7-3-1-4-8-13)14-9-5-2-6-10-14/h1-12,23H. The number of nitrogens with one attached hydrogen (secondary N) is 1. The molecule has 0 fully saturated rings. The second-order valence-corrected chi connectivity index (χ2v) is 6.02. The Hall–Kier alpha value is -4.15. The van der Waals surface area contributed by atoms with E-state index in [1.54, 1.807) is 60.7 Å². The van der Waals surface area contributed by atoms with Gasteiger partial charge in [0.15, 0.2) is 0 Å². The Morgan fingerprint density at radius 2 is 1.30 bits per heavy atom. The first-order valence-corrected chi connectivity index (χ1v) is 8.39. The zero-order chi connectivity index (χ0) is 21.9. The number of anilines is 3. The smallest absolute Gasteiger partial charge is 0.287 e. The van der Waals surface area contributed by atoms with E-state index < -0.39 is 38.6 Å². The molecule has 8 nitrogen and oxygen atoms in total. The van der Waals surface area contributed by atoms with Gasteiger partial charge in [-0.3, -0.25) is 30.7 Å². The molecular formula is C19H13F3N4O4. The van der Waals surface area contributed by atoms with Crippen LogP contribution in [0.3, 0.4) is 0 Å². The van der Waals surface area contributed by atoms with Gasteiger partial charge < -0.3 is 0 Å². The summed E-state index contributed by atoms with van der Waals surface area (Å²) in [5.41, 5.74) is -1.31. The number of nitro benzene ring substituents is 2. The summed E-state index contributed by atoms with van der Waals surface area (Å²) >= 11 is 0. The predicted molar refractivity (Wildman–Crippen MR) is 103 cm³/mol. The highest BCUT2D eigenvalue weighted by Crippen LogP contribution is 2.43. The molecule has 0 saturated heterocycles. The highest BCUT2D eigenvalue weighted by Gasteiger charge is 2.40. The predicted octanol–water partition coefficient (Wildman–Crippen LogP) is 5.69. The van der Waals surface area contributed by atoms with Crippen LogP contribution < -0.4 is 10.4 Å². The van der Waals surface area contributed by atoms with E-state index in [1.165, 1.54) is 5.01 Å². The minimum atomic E-state index is -5.09. The Bertz CT molecular complexity index is 1040. The Balaban J connectivity index is 2.24. The molecule has 0 aliphatic rings. The zero-order valence-corrected chi connectivity index (χ0v) is 15.0. The van der Waals surface area contributed by atoms with Gasteiger partial charge in [0.05, 0.1) is 32.9 Å². The minimum absolute atomic E-state index is 0.267. The summed E-state index contributed by atoms with van der Waals surface area (Å²) < 4.78 is 41.1. The third-order valence-corrected chi connectivity index (χ3v) is 4.07. The summed E-state index contributed by atoms with van der Waals surface area (Å²) in [6.07, 6.45) is -5.09. The van der Waals surface area contributed by atoms with Crippen molar-refractivity contribution in [2.45, 2.75) is 6.18 Å². The quantitative estimate of drug-likeness (QED) is 0.408. The molecule has 0 saturated carbocycles. The fourth-order valence-corrected chi connectivity index (χ4v) is 2.75. The lowest BCUT2D eigenvalue weighted by Gasteiger charge is -2.27. The van der Waals surface area contributed by atoms with E-state index in [0.29, 0.717) is 17.4 Å². The Morgan fingerprint density at radius 1 is 0.800 bits per heavy atom. The first kappa shape index (κ1) is 20.6. The number of hydrogen-bond acceptors (Lipinski definition) is 6. The number of nitrogens with zero attached hydrogens (tertiary/aromatic N) is 3. The molecule has 0 aliphatic heterocycles. The maximum absolute atomic E-state index is 13.7. The van der Waals surface area contributed by atoms with Gasteiger partial charge in [0.1, 0.15) is 5.69 Å². The summed E-state index contributed by atoms with van der Waals surface area (Å²) in [6.45, 7) is 0. The van der Waals surface area contributed by atoms with Crippen molar-refractivity contribution >= 4 is 28.4 Å². The molecule has 0 bridgehead atoms. The van der Waals surface area contributed by atoms with Crippen molar-refractivity contribution < 1.29 is 23.0 Å². The minimum Gasteiger partial charge on any atom is -0.287 e. The van der Waals surface area contributed by atoms with Crippen LogP contribution in [-0.4, -0.2) is 9.85 Å². The Labute approximate surface area is 167 Å². The molecular weight excluding hydrogens is 405 g/mol. The van der Waals surface area contributed by atoms with Crippen molar-refractivity contribution in [3.8, 4) is 0 Å². The van der Waals surface area contributed by atoms with E-state index in [-0.39, 0.29) is 6.07 Å². The largest absolute Gasteiger partial charge is 0.418 e. The first-order chi connectivity index (χ1) is 14.2. The third-order valence-electron chi connectivity index (χ3n) is 4.07. The van der Waals surface area contributed by atoms with E-state index in [0.717, 1.165) is 0 Å². The van der Waals surface area contributed by atoms with Crippen LogP contribution in [0.25, 0.3) is 0 Å². The molecule has 0 spiro atoms. The molecule has 0 atom stereocenters. The maximum atomic E-state index is 13.7. The number of halogens is 3. The average Bonchev–Trinajstić information content (AvgIpc) is 2.72. The topological polar surface area (TPSA) is 102 Å². The molecule has 30 heavy (non-hydrogen) atoms. The van der Waals surface area contributed by atoms with Gasteiger partial charge in [0.2, 0.25) is 0 Å². The number of hydrogen-bond donors (Lipinski definition) is 1. The van der Waals surface area contributed by atoms with Crippen molar-refractivity contribution in [1.29, 1.82) is 0 Å². The summed E-state index contributed by atoms with van der Waals surface area (Å²) in [6, 6.07) is 17.1. The highest BCUT2D eigenvalue weighted by atomic mass is 19.4. The lowest BCUT2D eigenvalue weighted by atomic mass is 10.1. The van der Waals surface area contributed by atoms with Gasteiger partial charge in [-0.2, -0.15) is 13.2 Å². The SMILES string of the molecule is O=[N+]([O-])c1cc([N+](=O)[O-])c(NN(c2ccccc2)c2ccccc2)c(C(F)(F)F)c1. The molecule has 0 heterocycles. The monoisotopic (exact) mass is 418 g/mol. The van der Waals surface area contributed by atoms with Gasteiger partial charge >= 0.3 is 11.9 Å². The summed E-state index contributed by atoms with van der Waals surface area (Å²) in [7, 11) is 0. The van der Waals surface area contributed by atoms with Crippen molar-refractivity contribution in [3.05, 3.63) is 98.6 Å². The number of alkyl halides is 3. The van der Waals surface area contributed by atoms with E-state index >= 15 is 0 Å². The lowest BCUT2D eigenvalue weighted by Crippen LogP contribution is -2.27. The zero-order valence-electron chi connectivity index (χ0n) is 15.0. The molecule has 1 N–H and O–H groups in total. The van der Waals surface area contributed by atoms with Crippen molar-refractivity contribution in [1.82, 2.24) is 0 Å². The maximum Gasteiger partial charge on any atom is 0.418 e. The van der Waals surface area contributed by atoms with E-state index in [1.807, 2.05) is 0 Å². The van der Waals surface area contributed by atoms with Gasteiger partial charge in [0, 0.05) is 6.07 Å². The molecule has 0 radical (unpaired) electrons. The Kier molecular flexibility index (Phi) is 5.54. The van der Waals surface area contributed by atoms with Crippen LogP contribution in [0.15, 0.2) is 72.8 Å². The van der Waals surface area contributed by atoms with Crippen molar-refractivity contribution in [3.63, 3.8) is 0 Å². The average molecular weight is 418 g/mol. The molecule has 0 amide bonds. The van der Waals surface area contributed by atoms with Crippen LogP contribution in [0.4, 0.5) is 41.6 Å². The van der Waals surface area contributed by atoms with Crippen LogP contribution in [0, 0.1) is 20.2 Å². The number of non-ortho nitro benzene ring substituents is 1. The number of rotatable bonds is 6. The molecule has 0 aliphatic carbocycles. The van der Waals surface area contributed by atoms with Gasteiger partial charge in [-0.25, -0.2) is 0 Å². The number of hydrazine groups is 1. The summed E-state index contributed by atoms with van der Waals surface area (Å²) in [5.74, 6) is 0. The molecule has 3 rings (SSSR count). The summed E-state index contributed by atoms with van der Waals surface area (Å²) in [4.78, 5) is 20.3. The number of para-hydroxylation sites is 2. The van der Waals surface area contributed by atoms with Crippen LogP contribution in [0.5, 0.6) is 0 Å². The number of benzene rings is 3. The van der Waals surface area contributed by atoms with E-state index in [4.69, 9.17) is 0 Å². The Morgan fingerprint density at radius 3 is 1.70 bits per heavy atom. The number of nitro groups is 2. The van der Waals surface area contributed by atoms with Crippen molar-refractivity contribution in [2.75, 3.05) is 10.4 Å². The fraction of sp³-hybridized carbons (Fsp3) is 0.0526. The molecule has 0 aromatic heterocycles. The normalized spacial score (nSPS) is 11.0. The molecule has 11 heteroatoms. The third kappa shape index (κ3) is 4.29.